The minimum Gasteiger partial charge on any atom is -0.508 e. The summed E-state index contributed by atoms with van der Waals surface area (Å²) in [6.45, 7) is 1.79. The van der Waals surface area contributed by atoms with Gasteiger partial charge in [-0.3, -0.25) is 0 Å². The minimum absolute atomic E-state index is 0.200. The van der Waals surface area contributed by atoms with E-state index in [4.69, 9.17) is 9.47 Å². The lowest BCUT2D eigenvalue weighted by Crippen LogP contribution is -2.12. The van der Waals surface area contributed by atoms with Crippen LogP contribution in [0.3, 0.4) is 0 Å². The highest BCUT2D eigenvalue weighted by Crippen LogP contribution is 2.33. The number of hydrogen-bond donors (Lipinski definition) is 2. The number of aromatic nitrogens is 2. The summed E-state index contributed by atoms with van der Waals surface area (Å²) in [6.07, 6.45) is 0. The lowest BCUT2D eigenvalue weighted by atomic mass is 10.0. The second-order valence-corrected chi connectivity index (χ2v) is 5.55. The van der Waals surface area contributed by atoms with Crippen molar-refractivity contribution >= 4 is 0 Å². The molecule has 0 saturated heterocycles. The van der Waals surface area contributed by atoms with Gasteiger partial charge in [0.2, 0.25) is 0 Å². The number of phenolic OH excluding ortho intramolecular Hbond substituents is 1. The van der Waals surface area contributed by atoms with Gasteiger partial charge in [-0.1, -0.05) is 0 Å². The van der Waals surface area contributed by atoms with E-state index in [0.717, 1.165) is 11.1 Å². The van der Waals surface area contributed by atoms with E-state index in [1.54, 1.807) is 57.5 Å². The first-order chi connectivity index (χ1) is 12.0. The van der Waals surface area contributed by atoms with E-state index in [1.807, 2.05) is 6.07 Å². The molecular formula is C19H18N2O4. The molecule has 1 heterocycles. The predicted molar refractivity (Wildman–Crippen MR) is 95.2 cm³/mol. The van der Waals surface area contributed by atoms with Crippen molar-refractivity contribution in [2.45, 2.75) is 6.92 Å². The molecule has 6 nitrogen and oxygen atoms in total. The summed E-state index contributed by atoms with van der Waals surface area (Å²) in [6, 6.07) is 12.2. The Bertz CT molecular complexity index is 979. The number of benzene rings is 2. The fourth-order valence-electron chi connectivity index (χ4n) is 2.59. The van der Waals surface area contributed by atoms with Crippen LogP contribution in [0.2, 0.25) is 0 Å². The Labute approximate surface area is 144 Å². The third kappa shape index (κ3) is 3.33. The molecule has 25 heavy (non-hydrogen) atoms. The van der Waals surface area contributed by atoms with Crippen molar-refractivity contribution in [3.05, 3.63) is 58.5 Å². The number of nitrogens with one attached hydrogen (secondary N) is 1. The maximum absolute atomic E-state index is 12.1. The molecule has 0 bridgehead atoms. The maximum Gasteiger partial charge on any atom is 0.345 e. The largest absolute Gasteiger partial charge is 0.508 e. The van der Waals surface area contributed by atoms with Gasteiger partial charge in [-0.05, 0) is 48.9 Å². The van der Waals surface area contributed by atoms with E-state index in [1.165, 1.54) is 0 Å². The smallest absolute Gasteiger partial charge is 0.345 e. The number of hydrogen-bond acceptors (Lipinski definition) is 5. The molecular weight excluding hydrogens is 320 g/mol. The number of methoxy groups -OCH3 is 2. The highest BCUT2D eigenvalue weighted by Gasteiger charge is 2.12. The molecule has 0 fully saturated rings. The average Bonchev–Trinajstić information content (AvgIpc) is 2.62. The SMILES string of the molecule is COc1ccc(-c2cc(-c3ccc(O)c(C)c3)nc(=O)[nH]2)c(OC)c1. The molecule has 0 aliphatic heterocycles. The van der Waals surface area contributed by atoms with Crippen molar-refractivity contribution in [2.24, 2.45) is 0 Å². The molecule has 0 spiro atoms. The molecule has 2 aromatic carbocycles. The molecule has 0 atom stereocenters. The van der Waals surface area contributed by atoms with Crippen LogP contribution in [0, 0.1) is 6.92 Å². The fraction of sp³-hybridized carbons (Fsp3) is 0.158. The maximum atomic E-state index is 12.1. The van der Waals surface area contributed by atoms with Crippen LogP contribution in [-0.2, 0) is 0 Å². The van der Waals surface area contributed by atoms with Gasteiger partial charge in [-0.25, -0.2) is 4.79 Å². The molecule has 0 aliphatic rings. The van der Waals surface area contributed by atoms with E-state index >= 15 is 0 Å². The van der Waals surface area contributed by atoms with E-state index in [2.05, 4.69) is 9.97 Å². The summed E-state index contributed by atoms with van der Waals surface area (Å²) in [5, 5.41) is 9.68. The summed E-state index contributed by atoms with van der Waals surface area (Å²) >= 11 is 0. The third-order valence-electron chi connectivity index (χ3n) is 3.94. The number of ether oxygens (including phenoxy) is 2. The molecule has 0 amide bonds. The van der Waals surface area contributed by atoms with Crippen molar-refractivity contribution in [3.63, 3.8) is 0 Å². The summed E-state index contributed by atoms with van der Waals surface area (Å²) in [5.74, 6) is 1.44. The minimum atomic E-state index is -0.462. The zero-order valence-electron chi connectivity index (χ0n) is 14.2. The van der Waals surface area contributed by atoms with Gasteiger partial charge in [-0.2, -0.15) is 4.98 Å². The molecule has 0 saturated carbocycles. The van der Waals surface area contributed by atoms with Gasteiger partial charge in [0.15, 0.2) is 0 Å². The van der Waals surface area contributed by atoms with Gasteiger partial charge in [0, 0.05) is 17.2 Å². The van der Waals surface area contributed by atoms with Crippen LogP contribution in [-0.4, -0.2) is 29.3 Å². The van der Waals surface area contributed by atoms with Gasteiger partial charge < -0.3 is 19.6 Å². The van der Waals surface area contributed by atoms with Crippen molar-refractivity contribution in [1.82, 2.24) is 9.97 Å². The van der Waals surface area contributed by atoms with Crippen LogP contribution in [0.4, 0.5) is 0 Å². The fourth-order valence-corrected chi connectivity index (χ4v) is 2.59. The lowest BCUT2D eigenvalue weighted by Gasteiger charge is -2.11. The number of aromatic amines is 1. The molecule has 3 aromatic rings. The molecule has 3 rings (SSSR count). The topological polar surface area (TPSA) is 84.4 Å². The van der Waals surface area contributed by atoms with Crippen LogP contribution < -0.4 is 15.2 Å². The van der Waals surface area contributed by atoms with E-state index in [-0.39, 0.29) is 5.75 Å². The zero-order chi connectivity index (χ0) is 18.0. The Kier molecular flexibility index (Phi) is 4.43. The van der Waals surface area contributed by atoms with E-state index in [0.29, 0.717) is 28.5 Å². The predicted octanol–water partition coefficient (Wildman–Crippen LogP) is 3.14. The first-order valence-electron chi connectivity index (χ1n) is 7.65. The van der Waals surface area contributed by atoms with Gasteiger partial charge >= 0.3 is 5.69 Å². The molecule has 2 N–H and O–H groups in total. The van der Waals surface area contributed by atoms with Crippen LogP contribution in [0.15, 0.2) is 47.3 Å². The molecule has 0 unspecified atom stereocenters. The Morgan fingerprint density at radius 1 is 1.04 bits per heavy atom. The van der Waals surface area contributed by atoms with Crippen LogP contribution in [0.25, 0.3) is 22.5 Å². The molecule has 6 heteroatoms. The van der Waals surface area contributed by atoms with Crippen molar-refractivity contribution in [3.8, 4) is 39.8 Å². The lowest BCUT2D eigenvalue weighted by molar-refractivity contribution is 0.395. The summed E-state index contributed by atoms with van der Waals surface area (Å²) in [4.78, 5) is 18.8. The Morgan fingerprint density at radius 3 is 2.52 bits per heavy atom. The summed E-state index contributed by atoms with van der Waals surface area (Å²) in [7, 11) is 3.13. The third-order valence-corrected chi connectivity index (χ3v) is 3.94. The Morgan fingerprint density at radius 2 is 1.84 bits per heavy atom. The second kappa shape index (κ2) is 6.68. The van der Waals surface area contributed by atoms with Gasteiger partial charge in [0.25, 0.3) is 0 Å². The zero-order valence-corrected chi connectivity index (χ0v) is 14.2. The number of rotatable bonds is 4. The number of phenols is 1. The summed E-state index contributed by atoms with van der Waals surface area (Å²) in [5.41, 5.74) is 2.81. The van der Waals surface area contributed by atoms with Crippen LogP contribution in [0.1, 0.15) is 5.56 Å². The average molecular weight is 338 g/mol. The van der Waals surface area contributed by atoms with E-state index in [9.17, 15) is 9.90 Å². The summed E-state index contributed by atoms with van der Waals surface area (Å²) < 4.78 is 10.6. The number of H-pyrrole nitrogens is 1. The van der Waals surface area contributed by atoms with Gasteiger partial charge in [0.1, 0.15) is 17.2 Å². The van der Waals surface area contributed by atoms with Crippen LogP contribution in [0.5, 0.6) is 17.2 Å². The number of aryl methyl sites for hydroxylation is 1. The monoisotopic (exact) mass is 338 g/mol. The van der Waals surface area contributed by atoms with Crippen molar-refractivity contribution in [1.29, 1.82) is 0 Å². The van der Waals surface area contributed by atoms with Gasteiger partial charge in [-0.15, -0.1) is 0 Å². The standard InChI is InChI=1S/C19H18N2O4/c1-11-8-12(4-7-17(11)22)15-10-16(21-19(23)20-15)14-6-5-13(24-2)9-18(14)25-3/h4-10,22H,1-3H3,(H,20,21,23). The van der Waals surface area contributed by atoms with Crippen LogP contribution >= 0.6 is 0 Å². The first-order valence-corrected chi connectivity index (χ1v) is 7.65. The van der Waals surface area contributed by atoms with Crippen molar-refractivity contribution in [2.75, 3.05) is 14.2 Å². The van der Waals surface area contributed by atoms with E-state index < -0.39 is 5.69 Å². The molecule has 1 aromatic heterocycles. The normalized spacial score (nSPS) is 10.5. The molecule has 0 aliphatic carbocycles. The highest BCUT2D eigenvalue weighted by atomic mass is 16.5. The second-order valence-electron chi connectivity index (χ2n) is 5.55. The van der Waals surface area contributed by atoms with Crippen molar-refractivity contribution < 1.29 is 14.6 Å². The quantitative estimate of drug-likeness (QED) is 0.763. The molecule has 0 radical (unpaired) electrons. The van der Waals surface area contributed by atoms with Gasteiger partial charge in [0.05, 0.1) is 25.6 Å². The number of nitrogens with zero attached hydrogens (tertiary/aromatic N) is 1. The first kappa shape index (κ1) is 16.6. The molecule has 128 valence electrons. The Hall–Kier alpha value is -3.28. The number of aromatic hydroxyl groups is 1. The Balaban J connectivity index is 2.14. The highest BCUT2D eigenvalue weighted by molar-refractivity contribution is 5.73.